The second-order valence-corrected chi connectivity index (χ2v) is 35.7. The van der Waals surface area contributed by atoms with Gasteiger partial charge in [0, 0.05) is 117 Å². The number of amides is 7. The molecule has 688 valence electrons. The summed E-state index contributed by atoms with van der Waals surface area (Å²) in [5, 5.41) is 87.8. The number of cyclic esters (lactones) is 1. The molecule has 17 N–H and O–H groups in total. The number of carbonyl (C=O) groups excluding carboxylic acids is 7. The number of hydrogen-bond acceptors (Lipinski definition) is 26. The molecule has 0 radical (unpaired) electrons. The van der Waals surface area contributed by atoms with Crippen molar-refractivity contribution in [3.63, 3.8) is 0 Å². The SMILES string of the molecule is CC1(C)CN(c2cc(N)c3cnc(NC(=O)C4CC4C#N)cc3c2)C(=O)O1.CC1=CCN=C1c1cc(N)c2cnc(NC(=O)C3CC3C#N)cc2c1.CNC(=O)c1ccc(C)c(-c2cc(N)c3cnc(NC(=O)C4CC4C#N)cc3c2)c1.Cc1ccccc1-c1cc2cc(NC(=O)C3CC3C#N)ncc2c(N)c1C#N.N#CC1CC1C(=O)Nc1cc2cc(-c3ccccc3CCO)cc(N)c2cn1. The minimum atomic E-state index is -0.570. The van der Waals surface area contributed by atoms with E-state index in [4.69, 9.17) is 59.7 Å². The maximum atomic E-state index is 12.2. The standard InChI is InChI=1S/C23H21N5O2.C22H17N5O.C22H20N4O2.C19H19N5O3.C19H17N5O/c1-12-3-4-13(22(29)26-2)6-17(12)14-5-15-9-21(27-11-19(15)20(25)8-14)28-23(30)18-7-16(18)10-24;1-12-4-2-3-5-15(12)17-6-13-8-20(27-22(28)16-7-14(16)9-23)26-11-19(13)21(25)18(17)10-24;23-11-16-8-18(16)22(28)26-21-10-15-7-14(9-20(24)19(15)12-25-21)17-4-2-1-3-13(17)5-6-27;1-19(2)9-24(18(26)27-19)12-3-10-5-16(22-8-14(10)15(21)6-12)23-17(25)13-4-11(13)7-20;1-10-2-3-22-18(10)12-4-11-7-17(23-9-15(11)16(21)6-12)24-19(25)14-5-13(14)8-20/h3-6,8-9,11,16,18H,7,25H2,1-2H3,(H,26,29)(H,27,28,30);2-6,8,11,14,16H,7,25H2,1H3,(H,26,27,28);1-4,7,9-10,12,16,18,27H,5-6,8,24H2,(H,25,26,28);3,5-6,8,11,13H,4,9,21H2,1-2H3,(H,22,23,25);2,4,6-7,9,13-14H,3,5,21H2,1H3,(H,23,24,25). The Labute approximate surface area is 792 Å². The van der Waals surface area contributed by atoms with Crippen LogP contribution in [0.5, 0.6) is 0 Å². The van der Waals surface area contributed by atoms with Gasteiger partial charge in [0.05, 0.1) is 120 Å². The lowest BCUT2D eigenvalue weighted by Crippen LogP contribution is -2.28. The normalized spacial score (nSPS) is 19.3. The summed E-state index contributed by atoms with van der Waals surface area (Å²) in [5.74, 6) is -1.20. The number of fused-ring (bicyclic) bond motifs is 5. The van der Waals surface area contributed by atoms with E-state index in [-0.39, 0.29) is 101 Å². The van der Waals surface area contributed by atoms with Crippen LogP contribution in [-0.4, -0.2) is 110 Å². The fourth-order valence-electron chi connectivity index (χ4n) is 17.0. The number of nitrogen functional groups attached to an aromatic ring is 5. The number of aryl methyl sites for hydroxylation is 2. The molecule has 7 aliphatic rings. The van der Waals surface area contributed by atoms with Gasteiger partial charge in [0.1, 0.15) is 40.8 Å². The molecule has 20 rings (SSSR count). The summed E-state index contributed by atoms with van der Waals surface area (Å²) in [6, 6.07) is 59.9. The molecule has 33 nitrogen and oxygen atoms in total. The number of anilines is 11. The molecule has 0 bridgehead atoms. The van der Waals surface area contributed by atoms with Crippen molar-refractivity contribution in [3.05, 3.63) is 228 Å². The summed E-state index contributed by atoms with van der Waals surface area (Å²) < 4.78 is 5.35. The first-order valence-electron chi connectivity index (χ1n) is 44.6. The van der Waals surface area contributed by atoms with Crippen LogP contribution in [0.1, 0.15) is 91.1 Å². The number of nitriles is 6. The average molecular weight is 1840 g/mol. The van der Waals surface area contributed by atoms with Crippen molar-refractivity contribution < 1.29 is 43.4 Å². The molecular formula is C105H94N24O9. The maximum Gasteiger partial charge on any atom is 0.415 e. The van der Waals surface area contributed by atoms with E-state index in [1.165, 1.54) is 4.90 Å². The monoisotopic (exact) mass is 1830 g/mol. The van der Waals surface area contributed by atoms with Gasteiger partial charge in [-0.3, -0.25) is 38.7 Å². The predicted octanol–water partition coefficient (Wildman–Crippen LogP) is 15.4. The molecule has 13 aromatic rings. The number of hydrogen-bond donors (Lipinski definition) is 12. The van der Waals surface area contributed by atoms with Crippen LogP contribution in [0.25, 0.3) is 87.2 Å². The van der Waals surface area contributed by atoms with Crippen molar-refractivity contribution >= 4 is 164 Å². The van der Waals surface area contributed by atoms with Crippen LogP contribution >= 0.6 is 0 Å². The van der Waals surface area contributed by atoms with E-state index in [1.54, 1.807) is 74.4 Å². The summed E-state index contributed by atoms with van der Waals surface area (Å²) in [4.78, 5) is 112. The number of carbonyl (C=O) groups is 7. The van der Waals surface area contributed by atoms with Gasteiger partial charge in [-0.25, -0.2) is 29.7 Å². The van der Waals surface area contributed by atoms with Crippen LogP contribution in [0.4, 0.5) is 68.0 Å². The number of aliphatic hydroxyl groups is 1. The lowest BCUT2D eigenvalue weighted by atomic mass is 9.92. The van der Waals surface area contributed by atoms with Gasteiger partial charge in [0.15, 0.2) is 0 Å². The van der Waals surface area contributed by atoms with Crippen LogP contribution in [0, 0.1) is 141 Å². The molecule has 10 atom stereocenters. The molecule has 1 saturated heterocycles. The first kappa shape index (κ1) is 93.4. The molecule has 0 spiro atoms. The maximum absolute atomic E-state index is 12.2. The Hall–Kier alpha value is -17.8. The number of pyridine rings is 5. The van der Waals surface area contributed by atoms with E-state index >= 15 is 0 Å². The largest absolute Gasteiger partial charge is 0.441 e. The van der Waals surface area contributed by atoms with Gasteiger partial charge in [-0.1, -0.05) is 60.7 Å². The molecule has 5 aromatic heterocycles. The molecule has 7 amide bonds. The summed E-state index contributed by atoms with van der Waals surface area (Å²) in [6.45, 7) is 10.9. The Morgan fingerprint density at radius 1 is 0.457 bits per heavy atom. The van der Waals surface area contributed by atoms with Crippen molar-refractivity contribution in [2.24, 2.45) is 64.2 Å². The van der Waals surface area contributed by atoms with Gasteiger partial charge in [0.2, 0.25) is 29.5 Å². The van der Waals surface area contributed by atoms with Crippen LogP contribution in [0.3, 0.4) is 0 Å². The highest BCUT2D eigenvalue weighted by Gasteiger charge is 2.47. The van der Waals surface area contributed by atoms with E-state index in [0.29, 0.717) is 131 Å². The third-order valence-electron chi connectivity index (χ3n) is 25.3. The van der Waals surface area contributed by atoms with E-state index in [0.717, 1.165) is 115 Å². The fraction of sp³-hybridized carbons (Fsp3) is 0.248. The average Bonchev–Trinajstić information content (AvgIpc) is 1.12. The lowest BCUT2D eigenvalue weighted by molar-refractivity contribution is -0.118. The molecular weight excluding hydrogens is 1740 g/mol. The third-order valence-corrected chi connectivity index (χ3v) is 25.3. The molecule has 10 unspecified atom stereocenters. The Bertz CT molecular complexity index is 7600. The number of nitrogens with zero attached hydrogens (tertiary/aromatic N) is 13. The topological polar surface area (TPSA) is 574 Å². The second-order valence-electron chi connectivity index (χ2n) is 35.7. The number of nitrogens with two attached hydrogens (primary N) is 5. The summed E-state index contributed by atoms with van der Waals surface area (Å²) in [5.41, 5.74) is 46.4. The van der Waals surface area contributed by atoms with Gasteiger partial charge >= 0.3 is 6.09 Å². The van der Waals surface area contributed by atoms with Crippen molar-refractivity contribution in [3.8, 4) is 69.8 Å². The Kier molecular flexibility index (Phi) is 26.5. The van der Waals surface area contributed by atoms with Gasteiger partial charge in [-0.05, 0) is 247 Å². The number of aromatic nitrogens is 5. The van der Waals surface area contributed by atoms with Crippen LogP contribution < -0.4 is 65.5 Å². The number of aliphatic imine (C=N–C) groups is 1. The van der Waals surface area contributed by atoms with Crippen LogP contribution in [0.2, 0.25) is 0 Å². The Morgan fingerprint density at radius 3 is 1.23 bits per heavy atom. The first-order valence-corrected chi connectivity index (χ1v) is 44.6. The van der Waals surface area contributed by atoms with Gasteiger partial charge in [-0.15, -0.1) is 0 Å². The zero-order chi connectivity index (χ0) is 97.8. The van der Waals surface area contributed by atoms with Crippen LogP contribution in [0.15, 0.2) is 199 Å². The molecule has 2 aliphatic heterocycles. The van der Waals surface area contributed by atoms with Gasteiger partial charge in [0.25, 0.3) is 5.91 Å². The quantitative estimate of drug-likeness (QED) is 0.0355. The number of rotatable bonds is 18. The molecule has 5 saturated carbocycles. The molecule has 138 heavy (non-hydrogen) atoms. The third kappa shape index (κ3) is 20.5. The zero-order valence-electron chi connectivity index (χ0n) is 75.9. The highest BCUT2D eigenvalue weighted by atomic mass is 16.6. The highest BCUT2D eigenvalue weighted by molar-refractivity contribution is 6.17. The van der Waals surface area contributed by atoms with Crippen molar-refractivity contribution in [1.29, 1.82) is 31.6 Å². The number of nitrogens with one attached hydrogen (secondary N) is 6. The minimum absolute atomic E-state index is 0.0744. The highest BCUT2D eigenvalue weighted by Crippen LogP contribution is 2.46. The lowest BCUT2D eigenvalue weighted by Gasteiger charge is -2.17. The summed E-state index contributed by atoms with van der Waals surface area (Å²) in [6.07, 6.45) is 13.3. The predicted molar refractivity (Wildman–Crippen MR) is 528 cm³/mol. The second kappa shape index (κ2) is 39.2. The smallest absolute Gasteiger partial charge is 0.415 e. The van der Waals surface area contributed by atoms with Gasteiger partial charge < -0.3 is 70.4 Å². The molecule has 8 aromatic carbocycles. The summed E-state index contributed by atoms with van der Waals surface area (Å²) >= 11 is 0. The number of allylic oxidation sites excluding steroid dienone is 1. The van der Waals surface area contributed by atoms with E-state index in [9.17, 15) is 43.9 Å². The Morgan fingerprint density at radius 2 is 0.841 bits per heavy atom. The zero-order valence-corrected chi connectivity index (χ0v) is 75.9. The molecule has 6 fully saturated rings. The minimum Gasteiger partial charge on any atom is -0.441 e. The van der Waals surface area contributed by atoms with Crippen molar-refractivity contribution in [2.45, 2.75) is 78.7 Å². The fourth-order valence-corrected chi connectivity index (χ4v) is 17.0. The van der Waals surface area contributed by atoms with E-state index < -0.39 is 11.7 Å². The van der Waals surface area contributed by atoms with Crippen LogP contribution in [-0.2, 0) is 35.1 Å². The molecule has 5 aliphatic carbocycles. The van der Waals surface area contributed by atoms with Crippen molar-refractivity contribution in [2.75, 3.05) is 86.9 Å². The first-order chi connectivity index (χ1) is 66.4. The van der Waals surface area contributed by atoms with E-state index in [2.05, 4.69) is 104 Å². The van der Waals surface area contributed by atoms with E-state index in [1.807, 2.05) is 150 Å². The molecule has 7 heterocycles. The summed E-state index contributed by atoms with van der Waals surface area (Å²) in [7, 11) is 1.60. The van der Waals surface area contributed by atoms with Crippen molar-refractivity contribution in [1.82, 2.24) is 30.2 Å². The number of aliphatic hydroxyl groups excluding tert-OH is 1. The van der Waals surface area contributed by atoms with Gasteiger partial charge in [-0.2, -0.15) is 31.6 Å². The number of ether oxygens (including phenoxy) is 1. The number of benzene rings is 8. The molecule has 33 heteroatoms. The Balaban J connectivity index is 0.000000125.